The van der Waals surface area contributed by atoms with Gasteiger partial charge in [-0.05, 0) is 30.0 Å². The molecule has 1 saturated carbocycles. The van der Waals surface area contributed by atoms with E-state index in [1.807, 2.05) is 0 Å². The van der Waals surface area contributed by atoms with Crippen LogP contribution in [0.25, 0.3) is 11.3 Å². The fraction of sp³-hybridized carbons (Fsp3) is 0.414. The highest BCUT2D eigenvalue weighted by molar-refractivity contribution is 6.33. The molecular weight excluding hydrogens is 566 g/mol. The van der Waals surface area contributed by atoms with Crippen LogP contribution >= 0.6 is 11.6 Å². The van der Waals surface area contributed by atoms with Crippen molar-refractivity contribution in [2.75, 3.05) is 14.2 Å². The standard InChI is InChI=1S/C29H32ClN5O7/c1-41-28(37)23(31-27(36)21-13-8-14-22(30)26(21)35(39)40)16-19-11-6-7-12-20(19)24-17-34(33-32-24)25(29(38)42-2)15-18-9-4-3-5-10-18/h6-8,11-14,17-18,23,25H,3-5,9-10,15-16H2,1-2H3,(H,31,36)/t23-,25+/m1/s1. The van der Waals surface area contributed by atoms with E-state index in [9.17, 15) is 24.5 Å². The number of ether oxygens (including phenoxy) is 2. The Balaban J connectivity index is 1.60. The van der Waals surface area contributed by atoms with Gasteiger partial charge in [-0.25, -0.2) is 14.3 Å². The molecule has 1 aliphatic carbocycles. The molecule has 0 saturated heterocycles. The summed E-state index contributed by atoms with van der Waals surface area (Å²) in [5, 5.41) is 22.4. The highest BCUT2D eigenvalue weighted by Gasteiger charge is 2.30. The Hall–Kier alpha value is -4.32. The number of nitrogens with zero attached hydrogens (tertiary/aromatic N) is 4. The highest BCUT2D eigenvalue weighted by Crippen LogP contribution is 2.32. The number of halogens is 1. The number of aromatic nitrogens is 3. The number of hydrogen-bond donors (Lipinski definition) is 1. The summed E-state index contributed by atoms with van der Waals surface area (Å²) in [6.07, 6.45) is 7.83. The first-order valence-electron chi connectivity index (χ1n) is 13.6. The van der Waals surface area contributed by atoms with Crippen LogP contribution in [0.3, 0.4) is 0 Å². The molecule has 1 N–H and O–H groups in total. The fourth-order valence-electron chi connectivity index (χ4n) is 5.36. The summed E-state index contributed by atoms with van der Waals surface area (Å²) in [6.45, 7) is 0. The van der Waals surface area contributed by atoms with Gasteiger partial charge in [-0.1, -0.05) is 79.3 Å². The Labute approximate surface area is 247 Å². The molecule has 3 aromatic rings. The molecule has 13 heteroatoms. The summed E-state index contributed by atoms with van der Waals surface area (Å²) in [7, 11) is 2.53. The topological polar surface area (TPSA) is 156 Å². The zero-order chi connectivity index (χ0) is 30.2. The normalized spacial score (nSPS) is 14.9. The minimum atomic E-state index is -1.19. The fourth-order valence-corrected chi connectivity index (χ4v) is 5.61. The second-order valence-electron chi connectivity index (χ2n) is 10.2. The largest absolute Gasteiger partial charge is 0.467 e. The maximum absolute atomic E-state index is 13.1. The quantitative estimate of drug-likeness (QED) is 0.188. The summed E-state index contributed by atoms with van der Waals surface area (Å²) >= 11 is 5.96. The number of nitro groups is 1. The third-order valence-electron chi connectivity index (χ3n) is 7.51. The Morgan fingerprint density at radius 2 is 1.79 bits per heavy atom. The first kappa shape index (κ1) is 30.6. The average molecular weight is 598 g/mol. The highest BCUT2D eigenvalue weighted by atomic mass is 35.5. The van der Waals surface area contributed by atoms with E-state index in [-0.39, 0.29) is 17.0 Å². The Morgan fingerprint density at radius 3 is 2.48 bits per heavy atom. The summed E-state index contributed by atoms with van der Waals surface area (Å²) in [4.78, 5) is 49.3. The Bertz CT molecular complexity index is 1450. The number of carbonyl (C=O) groups is 3. The van der Waals surface area contributed by atoms with Gasteiger partial charge in [-0.3, -0.25) is 14.9 Å². The molecule has 1 heterocycles. The minimum absolute atomic E-state index is 0.0156. The van der Waals surface area contributed by atoms with E-state index >= 15 is 0 Å². The summed E-state index contributed by atoms with van der Waals surface area (Å²) in [5.74, 6) is -1.60. The van der Waals surface area contributed by atoms with Gasteiger partial charge in [-0.2, -0.15) is 0 Å². The number of benzene rings is 2. The van der Waals surface area contributed by atoms with Gasteiger partial charge in [0.05, 0.1) is 25.3 Å². The lowest BCUT2D eigenvalue weighted by Crippen LogP contribution is -2.43. The molecule has 2 aromatic carbocycles. The van der Waals surface area contributed by atoms with Crippen molar-refractivity contribution in [3.63, 3.8) is 0 Å². The molecule has 0 aliphatic heterocycles. The number of methoxy groups -OCH3 is 2. The van der Waals surface area contributed by atoms with Crippen LogP contribution in [0.2, 0.25) is 5.02 Å². The van der Waals surface area contributed by atoms with E-state index in [0.717, 1.165) is 25.7 Å². The molecule has 0 bridgehead atoms. The number of para-hydroxylation sites is 1. The van der Waals surface area contributed by atoms with Gasteiger partial charge in [0.15, 0.2) is 6.04 Å². The SMILES string of the molecule is COC(=O)[C@@H](Cc1ccccc1-c1cn([C@@H](CC2CCCCC2)C(=O)OC)nn1)NC(=O)c1cccc(Cl)c1[N+](=O)[O-]. The number of rotatable bonds is 11. The molecule has 1 fully saturated rings. The number of esters is 2. The van der Waals surface area contributed by atoms with E-state index in [0.29, 0.717) is 29.2 Å². The van der Waals surface area contributed by atoms with Crippen molar-refractivity contribution in [1.29, 1.82) is 0 Å². The van der Waals surface area contributed by atoms with Gasteiger partial charge < -0.3 is 14.8 Å². The van der Waals surface area contributed by atoms with Crippen LogP contribution in [-0.4, -0.2) is 58.0 Å². The molecule has 1 amide bonds. The zero-order valence-electron chi connectivity index (χ0n) is 23.3. The minimum Gasteiger partial charge on any atom is -0.467 e. The Morgan fingerprint density at radius 1 is 1.07 bits per heavy atom. The molecule has 1 aromatic heterocycles. The monoisotopic (exact) mass is 597 g/mol. The van der Waals surface area contributed by atoms with Crippen molar-refractivity contribution in [3.8, 4) is 11.3 Å². The van der Waals surface area contributed by atoms with Crippen LogP contribution in [0.15, 0.2) is 48.7 Å². The number of carbonyl (C=O) groups excluding carboxylic acids is 3. The summed E-state index contributed by atoms with van der Waals surface area (Å²) in [6, 6.07) is 9.26. The number of nitro benzene ring substituents is 1. The van der Waals surface area contributed by atoms with Crippen LogP contribution in [-0.2, 0) is 25.5 Å². The van der Waals surface area contributed by atoms with Crippen molar-refractivity contribution in [3.05, 3.63) is 74.9 Å². The second kappa shape index (κ2) is 14.0. The van der Waals surface area contributed by atoms with Crippen LogP contribution in [0.1, 0.15) is 60.5 Å². The Kier molecular flexibility index (Phi) is 10.2. The van der Waals surface area contributed by atoms with Crippen molar-refractivity contribution in [1.82, 2.24) is 20.3 Å². The molecule has 4 rings (SSSR count). The van der Waals surface area contributed by atoms with Crippen LogP contribution < -0.4 is 5.32 Å². The molecule has 0 unspecified atom stereocenters. The van der Waals surface area contributed by atoms with Gasteiger partial charge in [0.25, 0.3) is 5.91 Å². The van der Waals surface area contributed by atoms with Gasteiger partial charge in [-0.15, -0.1) is 5.10 Å². The van der Waals surface area contributed by atoms with Gasteiger partial charge in [0.2, 0.25) is 0 Å². The smallest absolute Gasteiger partial charge is 0.330 e. The zero-order valence-corrected chi connectivity index (χ0v) is 24.1. The van der Waals surface area contributed by atoms with E-state index in [1.54, 1.807) is 30.5 Å². The van der Waals surface area contributed by atoms with Crippen LogP contribution in [0, 0.1) is 16.0 Å². The lowest BCUT2D eigenvalue weighted by Gasteiger charge is -2.25. The number of hydrogen-bond acceptors (Lipinski definition) is 9. The van der Waals surface area contributed by atoms with Crippen molar-refractivity contribution < 1.29 is 28.8 Å². The first-order chi connectivity index (χ1) is 20.2. The maximum atomic E-state index is 13.1. The number of amides is 1. The third kappa shape index (κ3) is 7.11. The predicted molar refractivity (Wildman–Crippen MR) is 153 cm³/mol. The molecular formula is C29H32ClN5O7. The first-order valence-corrected chi connectivity index (χ1v) is 14.0. The molecule has 0 radical (unpaired) electrons. The van der Waals surface area contributed by atoms with Crippen LogP contribution in [0.4, 0.5) is 5.69 Å². The molecule has 2 atom stereocenters. The van der Waals surface area contributed by atoms with E-state index in [2.05, 4.69) is 15.6 Å². The molecule has 1 aliphatic rings. The molecule has 42 heavy (non-hydrogen) atoms. The van der Waals surface area contributed by atoms with Crippen LogP contribution in [0.5, 0.6) is 0 Å². The van der Waals surface area contributed by atoms with Gasteiger partial charge in [0, 0.05) is 12.0 Å². The van der Waals surface area contributed by atoms with E-state index in [1.165, 1.54) is 43.5 Å². The lowest BCUT2D eigenvalue weighted by atomic mass is 9.85. The molecule has 12 nitrogen and oxygen atoms in total. The van der Waals surface area contributed by atoms with Crippen molar-refractivity contribution in [2.24, 2.45) is 5.92 Å². The van der Waals surface area contributed by atoms with Crippen molar-refractivity contribution >= 4 is 35.1 Å². The second-order valence-corrected chi connectivity index (χ2v) is 10.6. The predicted octanol–water partition coefficient (Wildman–Crippen LogP) is 4.71. The third-order valence-corrected chi connectivity index (χ3v) is 7.81. The van der Waals surface area contributed by atoms with Gasteiger partial charge in [0.1, 0.15) is 22.3 Å². The summed E-state index contributed by atoms with van der Waals surface area (Å²) in [5.41, 5.74) is 0.864. The molecule has 222 valence electrons. The van der Waals surface area contributed by atoms with E-state index < -0.39 is 40.5 Å². The van der Waals surface area contributed by atoms with E-state index in [4.69, 9.17) is 21.1 Å². The van der Waals surface area contributed by atoms with Gasteiger partial charge >= 0.3 is 17.6 Å². The average Bonchev–Trinajstić information content (AvgIpc) is 3.49. The molecule has 0 spiro atoms. The lowest BCUT2D eigenvalue weighted by molar-refractivity contribution is -0.385. The van der Waals surface area contributed by atoms with Crippen molar-refractivity contribution in [2.45, 2.75) is 57.0 Å². The summed E-state index contributed by atoms with van der Waals surface area (Å²) < 4.78 is 11.5. The maximum Gasteiger partial charge on any atom is 0.330 e. The number of nitrogens with one attached hydrogen (secondary N) is 1.